The maximum atomic E-state index is 12.5. The predicted octanol–water partition coefficient (Wildman–Crippen LogP) is 0.892. The number of aliphatic carboxylic acids is 1. The van der Waals surface area contributed by atoms with E-state index in [-0.39, 0.29) is 18.7 Å². The van der Waals surface area contributed by atoms with Gasteiger partial charge in [-0.2, -0.15) is 0 Å². The number of aliphatic hydroxyl groups excluding tert-OH is 1. The zero-order chi connectivity index (χ0) is 13.8. The van der Waals surface area contributed by atoms with Gasteiger partial charge in [0.15, 0.2) is 0 Å². The van der Waals surface area contributed by atoms with Crippen molar-refractivity contribution in [1.82, 2.24) is 9.80 Å². The molecule has 1 saturated heterocycles. The highest BCUT2D eigenvalue weighted by Gasteiger charge is 2.38. The van der Waals surface area contributed by atoms with Gasteiger partial charge in [0.05, 0.1) is 6.61 Å². The van der Waals surface area contributed by atoms with Crippen LogP contribution in [0.25, 0.3) is 0 Å². The lowest BCUT2D eigenvalue weighted by Crippen LogP contribution is -2.51. The van der Waals surface area contributed by atoms with E-state index >= 15 is 0 Å². The second kappa shape index (κ2) is 6.23. The van der Waals surface area contributed by atoms with Gasteiger partial charge in [0, 0.05) is 19.1 Å². The van der Waals surface area contributed by atoms with Crippen molar-refractivity contribution in [2.24, 2.45) is 0 Å². The molecule has 19 heavy (non-hydrogen) atoms. The van der Waals surface area contributed by atoms with Crippen LogP contribution in [0.2, 0.25) is 0 Å². The normalized spacial score (nSPS) is 23.8. The average Bonchev–Trinajstić information content (AvgIpc) is 3.05. The Kier molecular flexibility index (Phi) is 4.63. The third kappa shape index (κ3) is 3.00. The van der Waals surface area contributed by atoms with Crippen LogP contribution in [0.5, 0.6) is 0 Å². The van der Waals surface area contributed by atoms with Crippen molar-refractivity contribution >= 4 is 12.0 Å². The number of carboxylic acids is 1. The Balaban J connectivity index is 2.07. The highest BCUT2D eigenvalue weighted by atomic mass is 16.4. The lowest BCUT2D eigenvalue weighted by molar-refractivity contribution is -0.141. The zero-order valence-corrected chi connectivity index (χ0v) is 11.1. The van der Waals surface area contributed by atoms with Gasteiger partial charge in [-0.1, -0.05) is 12.8 Å². The van der Waals surface area contributed by atoms with Gasteiger partial charge in [-0.25, -0.2) is 9.59 Å². The minimum atomic E-state index is -0.929. The van der Waals surface area contributed by atoms with E-state index in [1.165, 1.54) is 4.90 Å². The molecule has 0 spiro atoms. The third-order valence-electron chi connectivity index (χ3n) is 4.14. The second-order valence-corrected chi connectivity index (χ2v) is 5.33. The summed E-state index contributed by atoms with van der Waals surface area (Å²) in [4.78, 5) is 26.8. The Hall–Kier alpha value is -1.30. The molecule has 108 valence electrons. The summed E-state index contributed by atoms with van der Waals surface area (Å²) < 4.78 is 0. The Morgan fingerprint density at radius 1 is 1.16 bits per heavy atom. The highest BCUT2D eigenvalue weighted by molar-refractivity contribution is 5.83. The van der Waals surface area contributed by atoms with Gasteiger partial charge in [-0.15, -0.1) is 0 Å². The fourth-order valence-corrected chi connectivity index (χ4v) is 3.18. The van der Waals surface area contributed by atoms with Gasteiger partial charge < -0.3 is 20.0 Å². The van der Waals surface area contributed by atoms with Crippen molar-refractivity contribution in [1.29, 1.82) is 0 Å². The molecule has 1 aliphatic carbocycles. The number of likely N-dealkylation sites (tertiary alicyclic amines) is 1. The molecule has 1 heterocycles. The fraction of sp³-hybridized carbons (Fsp3) is 0.846. The predicted molar refractivity (Wildman–Crippen MR) is 68.8 cm³/mol. The summed E-state index contributed by atoms with van der Waals surface area (Å²) in [5.74, 6) is -0.929. The summed E-state index contributed by atoms with van der Waals surface area (Å²) in [6, 6.07) is -0.754. The maximum absolute atomic E-state index is 12.5. The van der Waals surface area contributed by atoms with E-state index in [9.17, 15) is 9.59 Å². The lowest BCUT2D eigenvalue weighted by atomic mass is 10.2. The topological polar surface area (TPSA) is 81.1 Å². The first-order valence-corrected chi connectivity index (χ1v) is 7.06. The van der Waals surface area contributed by atoms with Crippen LogP contribution in [-0.4, -0.2) is 63.8 Å². The molecular formula is C13H22N2O4. The van der Waals surface area contributed by atoms with Crippen molar-refractivity contribution in [2.75, 3.05) is 19.7 Å². The van der Waals surface area contributed by atoms with Crippen LogP contribution in [0.1, 0.15) is 38.5 Å². The Labute approximate surface area is 113 Å². The molecule has 1 saturated carbocycles. The zero-order valence-electron chi connectivity index (χ0n) is 11.1. The summed E-state index contributed by atoms with van der Waals surface area (Å²) >= 11 is 0. The smallest absolute Gasteiger partial charge is 0.326 e. The fourth-order valence-electron chi connectivity index (χ4n) is 3.18. The Morgan fingerprint density at radius 2 is 1.84 bits per heavy atom. The van der Waals surface area contributed by atoms with Crippen molar-refractivity contribution < 1.29 is 19.8 Å². The van der Waals surface area contributed by atoms with Gasteiger partial charge in [-0.05, 0) is 25.7 Å². The van der Waals surface area contributed by atoms with Crippen LogP contribution >= 0.6 is 0 Å². The Morgan fingerprint density at radius 3 is 2.42 bits per heavy atom. The number of carboxylic acid groups (broad SMARTS) is 1. The molecule has 2 fully saturated rings. The molecular weight excluding hydrogens is 248 g/mol. The molecule has 0 aromatic rings. The number of hydrogen-bond acceptors (Lipinski definition) is 3. The van der Waals surface area contributed by atoms with Crippen LogP contribution in [0.3, 0.4) is 0 Å². The van der Waals surface area contributed by atoms with E-state index in [2.05, 4.69) is 0 Å². The quantitative estimate of drug-likeness (QED) is 0.795. The summed E-state index contributed by atoms with van der Waals surface area (Å²) in [5, 5.41) is 18.3. The van der Waals surface area contributed by atoms with E-state index in [0.717, 1.165) is 32.1 Å². The van der Waals surface area contributed by atoms with E-state index in [1.54, 1.807) is 4.90 Å². The number of aliphatic hydroxyl groups is 1. The van der Waals surface area contributed by atoms with Gasteiger partial charge in [0.25, 0.3) is 0 Å². The van der Waals surface area contributed by atoms with Gasteiger partial charge >= 0.3 is 12.0 Å². The summed E-state index contributed by atoms with van der Waals surface area (Å²) in [7, 11) is 0. The first-order chi connectivity index (χ1) is 9.15. The minimum Gasteiger partial charge on any atom is -0.480 e. The number of hydrogen-bond donors (Lipinski definition) is 2. The molecule has 0 aromatic heterocycles. The van der Waals surface area contributed by atoms with Crippen LogP contribution < -0.4 is 0 Å². The molecule has 2 N–H and O–H groups in total. The molecule has 0 aromatic carbocycles. The van der Waals surface area contributed by atoms with Crippen LogP contribution in [0.15, 0.2) is 0 Å². The summed E-state index contributed by atoms with van der Waals surface area (Å²) in [5.41, 5.74) is 0. The summed E-state index contributed by atoms with van der Waals surface area (Å²) in [6.07, 6.45) is 5.37. The van der Waals surface area contributed by atoms with E-state index in [4.69, 9.17) is 10.2 Å². The molecule has 6 nitrogen and oxygen atoms in total. The molecule has 2 aliphatic rings. The van der Waals surface area contributed by atoms with Crippen molar-refractivity contribution in [3.8, 4) is 0 Å². The summed E-state index contributed by atoms with van der Waals surface area (Å²) in [6.45, 7) is 0.727. The van der Waals surface area contributed by atoms with Crippen LogP contribution in [0, 0.1) is 0 Å². The molecule has 0 bridgehead atoms. The van der Waals surface area contributed by atoms with Gasteiger partial charge in [0.1, 0.15) is 6.04 Å². The number of carbonyl (C=O) groups excluding carboxylic acids is 1. The first kappa shape index (κ1) is 14.1. The van der Waals surface area contributed by atoms with Gasteiger partial charge in [-0.3, -0.25) is 0 Å². The number of carbonyl (C=O) groups is 2. The SMILES string of the molecule is O=C(O)C1CCCN1C(=O)N(CCO)C1CCCC1. The average molecular weight is 270 g/mol. The lowest BCUT2D eigenvalue weighted by Gasteiger charge is -2.34. The number of urea groups is 1. The highest BCUT2D eigenvalue weighted by Crippen LogP contribution is 2.26. The van der Waals surface area contributed by atoms with Crippen molar-refractivity contribution in [3.63, 3.8) is 0 Å². The first-order valence-electron chi connectivity index (χ1n) is 7.06. The van der Waals surface area contributed by atoms with Crippen LogP contribution in [-0.2, 0) is 4.79 Å². The standard InChI is InChI=1S/C13H22N2O4/c16-9-8-14(10-4-1-2-5-10)13(19)15-7-3-6-11(15)12(17)18/h10-11,16H,1-9H2,(H,17,18). The minimum absolute atomic E-state index is 0.0756. The van der Waals surface area contributed by atoms with Crippen molar-refractivity contribution in [2.45, 2.75) is 50.6 Å². The molecule has 1 aliphatic heterocycles. The van der Waals surface area contributed by atoms with E-state index < -0.39 is 12.0 Å². The molecule has 1 atom stereocenters. The van der Waals surface area contributed by atoms with E-state index in [0.29, 0.717) is 19.5 Å². The van der Waals surface area contributed by atoms with Gasteiger partial charge in [0.2, 0.25) is 0 Å². The molecule has 0 radical (unpaired) electrons. The third-order valence-corrected chi connectivity index (χ3v) is 4.14. The maximum Gasteiger partial charge on any atom is 0.326 e. The Bertz CT molecular complexity index is 342. The van der Waals surface area contributed by atoms with Crippen molar-refractivity contribution in [3.05, 3.63) is 0 Å². The molecule has 2 amide bonds. The second-order valence-electron chi connectivity index (χ2n) is 5.33. The number of nitrogens with zero attached hydrogens (tertiary/aromatic N) is 2. The molecule has 1 unspecified atom stereocenters. The molecule has 2 rings (SSSR count). The monoisotopic (exact) mass is 270 g/mol. The van der Waals surface area contributed by atoms with Crippen LogP contribution in [0.4, 0.5) is 4.79 Å². The van der Waals surface area contributed by atoms with E-state index in [1.807, 2.05) is 0 Å². The largest absolute Gasteiger partial charge is 0.480 e. The number of rotatable bonds is 4. The number of amides is 2. The molecule has 6 heteroatoms.